The van der Waals surface area contributed by atoms with Gasteiger partial charge < -0.3 is 9.47 Å². The normalized spacial score (nSPS) is 16.8. The number of hydrogen-bond acceptors (Lipinski definition) is 4. The van der Waals surface area contributed by atoms with Crippen molar-refractivity contribution in [3.05, 3.63) is 35.4 Å². The molecule has 106 valence electrons. The van der Waals surface area contributed by atoms with Crippen LogP contribution in [0.5, 0.6) is 0 Å². The number of methoxy groups -OCH3 is 1. The zero-order chi connectivity index (χ0) is 14.9. The van der Waals surface area contributed by atoms with Crippen LogP contribution in [-0.2, 0) is 19.9 Å². The third-order valence-electron chi connectivity index (χ3n) is 3.24. The predicted octanol–water partition coefficient (Wildman–Crippen LogP) is 3.06. The lowest BCUT2D eigenvalue weighted by Crippen LogP contribution is -2.34. The molecule has 0 aromatic heterocycles. The Bertz CT molecular complexity index is 602. The second kappa shape index (κ2) is 5.00. The Morgan fingerprint density at radius 1 is 1.40 bits per heavy atom. The Morgan fingerprint density at radius 3 is 2.75 bits per heavy atom. The zero-order valence-electron chi connectivity index (χ0n) is 11.9. The first-order valence-corrected chi connectivity index (χ1v) is 6.24. The van der Waals surface area contributed by atoms with Crippen molar-refractivity contribution in [1.82, 2.24) is 0 Å². The summed E-state index contributed by atoms with van der Waals surface area (Å²) in [5.74, 6) is -0.399. The summed E-state index contributed by atoms with van der Waals surface area (Å²) in [7, 11) is 1.34. The molecule has 5 heteroatoms. The fourth-order valence-corrected chi connectivity index (χ4v) is 2.14. The third-order valence-corrected chi connectivity index (χ3v) is 3.24. The van der Waals surface area contributed by atoms with Crippen molar-refractivity contribution in [3.63, 3.8) is 0 Å². The van der Waals surface area contributed by atoms with Crippen molar-refractivity contribution in [1.29, 1.82) is 0 Å². The van der Waals surface area contributed by atoms with Gasteiger partial charge in [0.1, 0.15) is 5.60 Å². The number of benzene rings is 1. The molecule has 1 aliphatic heterocycles. The Labute approximate surface area is 117 Å². The summed E-state index contributed by atoms with van der Waals surface area (Å²) in [5, 5.41) is 2.66. The quantitative estimate of drug-likeness (QED) is 0.665. The van der Waals surface area contributed by atoms with Crippen LogP contribution in [0.1, 0.15) is 31.9 Å². The minimum absolute atomic E-state index is 0.399. The van der Waals surface area contributed by atoms with Gasteiger partial charge in [-0.1, -0.05) is 6.07 Å². The predicted molar refractivity (Wildman–Crippen MR) is 75.2 cm³/mol. The number of carbonyl (C=O) groups excluding carboxylic acids is 2. The maximum absolute atomic E-state index is 11.4. The van der Waals surface area contributed by atoms with E-state index in [2.05, 4.69) is 10.1 Å². The van der Waals surface area contributed by atoms with E-state index < -0.39 is 17.7 Å². The summed E-state index contributed by atoms with van der Waals surface area (Å²) in [6.07, 6.45) is 0.967. The molecular weight excluding hydrogens is 258 g/mol. The van der Waals surface area contributed by atoms with Crippen LogP contribution < -0.4 is 5.32 Å². The van der Waals surface area contributed by atoms with Gasteiger partial charge >= 0.3 is 12.1 Å². The Morgan fingerprint density at radius 2 is 2.10 bits per heavy atom. The lowest BCUT2D eigenvalue weighted by molar-refractivity contribution is -0.134. The maximum atomic E-state index is 11.4. The first-order valence-electron chi connectivity index (χ1n) is 6.24. The molecule has 1 aromatic carbocycles. The molecule has 0 aliphatic carbocycles. The van der Waals surface area contributed by atoms with E-state index in [0.29, 0.717) is 0 Å². The molecule has 0 fully saturated rings. The number of esters is 1. The molecule has 2 rings (SSSR count). The summed E-state index contributed by atoms with van der Waals surface area (Å²) in [4.78, 5) is 22.7. The average Bonchev–Trinajstić information content (AvgIpc) is 2.37. The van der Waals surface area contributed by atoms with Crippen LogP contribution in [-0.4, -0.2) is 19.2 Å². The summed E-state index contributed by atoms with van der Waals surface area (Å²) in [6, 6.07) is 5.56. The van der Waals surface area contributed by atoms with Gasteiger partial charge in [0.2, 0.25) is 0 Å². The van der Waals surface area contributed by atoms with Gasteiger partial charge in [-0.25, -0.2) is 9.59 Å². The topological polar surface area (TPSA) is 64.6 Å². The summed E-state index contributed by atoms with van der Waals surface area (Å²) in [5.41, 5.74) is 2.54. The number of nitrogens with one attached hydrogen (secondary N) is 1. The molecule has 0 saturated carbocycles. The van der Waals surface area contributed by atoms with E-state index in [0.717, 1.165) is 22.4 Å². The summed E-state index contributed by atoms with van der Waals surface area (Å²) in [6.45, 7) is 5.48. The molecule has 1 aromatic rings. The molecule has 5 nitrogen and oxygen atoms in total. The number of hydrogen-bond donors (Lipinski definition) is 1. The lowest BCUT2D eigenvalue weighted by Gasteiger charge is -2.32. The van der Waals surface area contributed by atoms with Crippen molar-refractivity contribution < 1.29 is 19.1 Å². The molecule has 0 unspecified atom stereocenters. The average molecular weight is 275 g/mol. The van der Waals surface area contributed by atoms with Gasteiger partial charge in [0.25, 0.3) is 0 Å². The maximum Gasteiger partial charge on any atom is 0.412 e. The van der Waals surface area contributed by atoms with Crippen LogP contribution in [0.4, 0.5) is 10.5 Å². The van der Waals surface area contributed by atoms with Crippen LogP contribution in [0.25, 0.3) is 5.57 Å². The first kappa shape index (κ1) is 14.1. The number of ether oxygens (including phenoxy) is 2. The summed E-state index contributed by atoms with van der Waals surface area (Å²) < 4.78 is 9.89. The minimum atomic E-state index is -0.709. The Hall–Kier alpha value is -2.30. The molecule has 0 radical (unpaired) electrons. The van der Waals surface area contributed by atoms with Crippen molar-refractivity contribution in [3.8, 4) is 0 Å². The molecule has 1 aliphatic rings. The van der Waals surface area contributed by atoms with E-state index in [1.807, 2.05) is 32.9 Å². The molecular formula is C15H17NO4. The molecule has 0 spiro atoms. The van der Waals surface area contributed by atoms with Gasteiger partial charge in [-0.05, 0) is 44.0 Å². The van der Waals surface area contributed by atoms with E-state index in [-0.39, 0.29) is 0 Å². The largest absolute Gasteiger partial charge is 0.466 e. The molecule has 0 atom stereocenters. The lowest BCUT2D eigenvalue weighted by atomic mass is 9.91. The highest BCUT2D eigenvalue weighted by atomic mass is 16.6. The van der Waals surface area contributed by atoms with Gasteiger partial charge in [-0.15, -0.1) is 0 Å². The second-order valence-corrected chi connectivity index (χ2v) is 5.14. The van der Waals surface area contributed by atoms with Gasteiger partial charge in [-0.3, -0.25) is 5.32 Å². The van der Waals surface area contributed by atoms with Crippen LogP contribution in [0.15, 0.2) is 24.3 Å². The van der Waals surface area contributed by atoms with Gasteiger partial charge in [0, 0.05) is 11.6 Å². The van der Waals surface area contributed by atoms with Gasteiger partial charge in [0.15, 0.2) is 0 Å². The van der Waals surface area contributed by atoms with Crippen molar-refractivity contribution in [2.45, 2.75) is 26.4 Å². The highest BCUT2D eigenvalue weighted by Crippen LogP contribution is 2.37. The van der Waals surface area contributed by atoms with Gasteiger partial charge in [-0.2, -0.15) is 0 Å². The SMILES string of the molecule is COC(=O)/C=C(/C)c1ccc2c(c1)C(C)(C)OC(=O)N2. The molecule has 0 saturated heterocycles. The number of allylic oxidation sites excluding steroid dienone is 1. The van der Waals surface area contributed by atoms with E-state index in [9.17, 15) is 9.59 Å². The van der Waals surface area contributed by atoms with E-state index in [1.54, 1.807) is 6.07 Å². The highest BCUT2D eigenvalue weighted by Gasteiger charge is 2.33. The molecule has 1 N–H and O–H groups in total. The standard InChI is InChI=1S/C15H17NO4/c1-9(7-13(17)19-4)10-5-6-12-11(8-10)15(2,3)20-14(18)16-12/h5-8H,1-4H3,(H,16,18)/b9-7-. The fourth-order valence-electron chi connectivity index (χ4n) is 2.14. The number of cyclic esters (lactones) is 1. The van der Waals surface area contributed by atoms with Crippen LogP contribution in [0.3, 0.4) is 0 Å². The fraction of sp³-hybridized carbons (Fsp3) is 0.333. The summed E-state index contributed by atoms with van der Waals surface area (Å²) >= 11 is 0. The highest BCUT2D eigenvalue weighted by molar-refractivity contribution is 5.92. The third kappa shape index (κ3) is 2.66. The Balaban J connectivity index is 2.44. The number of carbonyl (C=O) groups is 2. The molecule has 1 heterocycles. The monoisotopic (exact) mass is 275 g/mol. The van der Waals surface area contributed by atoms with E-state index in [1.165, 1.54) is 13.2 Å². The van der Waals surface area contributed by atoms with Crippen molar-refractivity contribution in [2.75, 3.05) is 12.4 Å². The Kier molecular flexibility index (Phi) is 3.53. The van der Waals surface area contributed by atoms with Crippen LogP contribution in [0.2, 0.25) is 0 Å². The number of rotatable bonds is 2. The first-order chi connectivity index (χ1) is 9.33. The van der Waals surface area contributed by atoms with Crippen LogP contribution in [0, 0.1) is 0 Å². The smallest absolute Gasteiger partial charge is 0.412 e. The second-order valence-electron chi connectivity index (χ2n) is 5.14. The van der Waals surface area contributed by atoms with E-state index in [4.69, 9.17) is 4.74 Å². The molecule has 20 heavy (non-hydrogen) atoms. The van der Waals surface area contributed by atoms with Gasteiger partial charge in [0.05, 0.1) is 12.8 Å². The van der Waals surface area contributed by atoms with E-state index >= 15 is 0 Å². The number of fused-ring (bicyclic) bond motifs is 1. The van der Waals surface area contributed by atoms with Crippen molar-refractivity contribution in [2.24, 2.45) is 0 Å². The molecule has 0 bridgehead atoms. The minimum Gasteiger partial charge on any atom is -0.466 e. The number of anilines is 1. The zero-order valence-corrected chi connectivity index (χ0v) is 11.9. The number of amides is 1. The van der Waals surface area contributed by atoms with Crippen LogP contribution >= 0.6 is 0 Å². The molecule has 1 amide bonds. The van der Waals surface area contributed by atoms with Crippen molar-refractivity contribution >= 4 is 23.3 Å².